The molecule has 0 aromatic carbocycles. The minimum absolute atomic E-state index is 0.0116. The van der Waals surface area contributed by atoms with Crippen LogP contribution in [-0.2, 0) is 0 Å². The van der Waals surface area contributed by atoms with E-state index in [1.807, 2.05) is 20.8 Å². The molecule has 0 aliphatic rings. The number of nitrogen functional groups attached to an aromatic ring is 2. The second-order valence-electron chi connectivity index (χ2n) is 4.38. The molecule has 5 N–H and O–H groups in total. The van der Waals surface area contributed by atoms with Gasteiger partial charge in [0.25, 0.3) is 5.56 Å². The lowest BCUT2D eigenvalue weighted by molar-refractivity contribution is 0.397. The van der Waals surface area contributed by atoms with Crippen molar-refractivity contribution in [3.63, 3.8) is 0 Å². The Balaban J connectivity index is 3.56. The molecule has 0 fully saturated rings. The molecular weight excluding hydrogens is 284 g/mol. The number of pyridine rings is 1. The molecule has 6 heteroatoms. The van der Waals surface area contributed by atoms with Crippen LogP contribution in [0, 0.1) is 11.3 Å². The van der Waals surface area contributed by atoms with Gasteiger partial charge in [-0.1, -0.05) is 13.8 Å². The first-order valence-electron chi connectivity index (χ1n) is 5.31. The molecule has 0 saturated carbocycles. The smallest absolute Gasteiger partial charge is 0.263 e. The van der Waals surface area contributed by atoms with Crippen LogP contribution in [-0.4, -0.2) is 10.4 Å². The summed E-state index contributed by atoms with van der Waals surface area (Å²) in [6.07, 6.45) is 1.65. The molecule has 1 rings (SSSR count). The number of hydrogen-bond donors (Lipinski definition) is 3. The number of aromatic nitrogens is 1. The average molecular weight is 301 g/mol. The highest BCUT2D eigenvalue weighted by Gasteiger charge is 2.18. The number of nitrogens with two attached hydrogens (primary N) is 2. The summed E-state index contributed by atoms with van der Waals surface area (Å²) < 4.78 is 2.14. The molecule has 1 atom stereocenters. The van der Waals surface area contributed by atoms with E-state index >= 15 is 0 Å². The van der Waals surface area contributed by atoms with Gasteiger partial charge in [0.1, 0.15) is 11.4 Å². The molecule has 17 heavy (non-hydrogen) atoms. The van der Waals surface area contributed by atoms with Crippen molar-refractivity contribution in [3.8, 4) is 0 Å². The van der Waals surface area contributed by atoms with Crippen molar-refractivity contribution in [1.29, 1.82) is 5.41 Å². The molecule has 5 nitrogen and oxygen atoms in total. The van der Waals surface area contributed by atoms with Crippen LogP contribution in [0.3, 0.4) is 0 Å². The molecule has 94 valence electrons. The fraction of sp³-hybridized carbons (Fsp3) is 0.455. The van der Waals surface area contributed by atoms with Gasteiger partial charge in [-0.2, -0.15) is 0 Å². The van der Waals surface area contributed by atoms with Crippen LogP contribution in [0.5, 0.6) is 0 Å². The van der Waals surface area contributed by atoms with E-state index in [4.69, 9.17) is 16.9 Å². The molecule has 0 radical (unpaired) electrons. The Labute approximate surface area is 108 Å². The highest BCUT2D eigenvalue weighted by atomic mass is 79.9. The maximum atomic E-state index is 12.2. The molecule has 1 aromatic rings. The summed E-state index contributed by atoms with van der Waals surface area (Å²) in [5.74, 6) is -0.0125. The molecule has 0 saturated heterocycles. The first-order valence-corrected chi connectivity index (χ1v) is 6.11. The quantitative estimate of drug-likeness (QED) is 0.585. The fourth-order valence-corrected chi connectivity index (χ4v) is 1.92. The predicted octanol–water partition coefficient (Wildman–Crippen LogP) is 1.69. The molecule has 0 spiro atoms. The Hall–Kier alpha value is -1.30. The molecule has 0 amide bonds. The second kappa shape index (κ2) is 4.91. The Bertz CT molecular complexity index is 507. The normalized spacial score (nSPS) is 12.8. The zero-order chi connectivity index (χ0) is 13.3. The van der Waals surface area contributed by atoms with E-state index in [1.165, 1.54) is 0 Å². The van der Waals surface area contributed by atoms with Gasteiger partial charge in [-0.3, -0.25) is 10.2 Å². The second-order valence-corrected chi connectivity index (χ2v) is 5.23. The summed E-state index contributed by atoms with van der Waals surface area (Å²) >= 11 is 3.28. The third-order valence-electron chi connectivity index (χ3n) is 2.90. The largest absolute Gasteiger partial charge is 0.397 e. The van der Waals surface area contributed by atoms with Crippen molar-refractivity contribution in [3.05, 3.63) is 26.6 Å². The van der Waals surface area contributed by atoms with Crippen LogP contribution < -0.4 is 17.0 Å². The van der Waals surface area contributed by atoms with E-state index in [0.29, 0.717) is 10.4 Å². The van der Waals surface area contributed by atoms with Crippen LogP contribution in [0.4, 0.5) is 5.69 Å². The summed E-state index contributed by atoms with van der Waals surface area (Å²) in [6, 6.07) is 0.0116. The standard InChI is InChI=1S/C11H17BrN4O/c1-5(2)6(3)16-4-7(12)9(13)8(10(14)15)11(16)17/h4-6H,13H2,1-3H3,(H3,14,15). The first kappa shape index (κ1) is 13.8. The molecule has 0 aliphatic heterocycles. The van der Waals surface area contributed by atoms with Crippen LogP contribution in [0.2, 0.25) is 0 Å². The summed E-state index contributed by atoms with van der Waals surface area (Å²) in [6.45, 7) is 5.99. The van der Waals surface area contributed by atoms with Gasteiger partial charge in [-0.15, -0.1) is 0 Å². The lowest BCUT2D eigenvalue weighted by Gasteiger charge is -2.21. The SMILES string of the molecule is CC(C)C(C)n1cc(Br)c(N)c(C(=N)N)c1=O. The minimum Gasteiger partial charge on any atom is -0.397 e. The Kier molecular flexibility index (Phi) is 3.98. The van der Waals surface area contributed by atoms with E-state index in [1.54, 1.807) is 10.8 Å². The lowest BCUT2D eigenvalue weighted by atomic mass is 10.1. The van der Waals surface area contributed by atoms with E-state index in [-0.39, 0.29) is 28.7 Å². The van der Waals surface area contributed by atoms with Gasteiger partial charge in [-0.05, 0) is 28.8 Å². The van der Waals surface area contributed by atoms with Gasteiger partial charge in [0.2, 0.25) is 0 Å². The Morgan fingerprint density at radius 3 is 2.41 bits per heavy atom. The van der Waals surface area contributed by atoms with Crippen LogP contribution >= 0.6 is 15.9 Å². The number of nitrogens with zero attached hydrogens (tertiary/aromatic N) is 1. The topological polar surface area (TPSA) is 97.9 Å². The number of nitrogens with one attached hydrogen (secondary N) is 1. The van der Waals surface area contributed by atoms with Crippen LogP contribution in [0.15, 0.2) is 15.5 Å². The third kappa shape index (κ3) is 2.52. The van der Waals surface area contributed by atoms with Gasteiger partial charge in [0.05, 0.1) is 10.2 Å². The molecule has 1 aromatic heterocycles. The van der Waals surface area contributed by atoms with E-state index in [2.05, 4.69) is 15.9 Å². The van der Waals surface area contributed by atoms with Crippen molar-refractivity contribution in [2.24, 2.45) is 11.7 Å². The number of anilines is 1. The van der Waals surface area contributed by atoms with Gasteiger partial charge < -0.3 is 16.0 Å². The number of halogens is 1. The summed E-state index contributed by atoms with van der Waals surface area (Å²) in [4.78, 5) is 12.2. The molecule has 1 heterocycles. The van der Waals surface area contributed by atoms with Gasteiger partial charge in [0.15, 0.2) is 0 Å². The van der Waals surface area contributed by atoms with E-state index in [9.17, 15) is 4.79 Å². The monoisotopic (exact) mass is 300 g/mol. The fourth-order valence-electron chi connectivity index (χ4n) is 1.50. The first-order chi connectivity index (χ1) is 7.77. The van der Waals surface area contributed by atoms with E-state index < -0.39 is 0 Å². The number of rotatable bonds is 3. The maximum absolute atomic E-state index is 12.2. The highest BCUT2D eigenvalue weighted by molar-refractivity contribution is 9.10. The van der Waals surface area contributed by atoms with Crippen molar-refractivity contribution in [1.82, 2.24) is 4.57 Å². The van der Waals surface area contributed by atoms with Crippen molar-refractivity contribution in [2.75, 3.05) is 5.73 Å². The number of hydrogen-bond acceptors (Lipinski definition) is 3. The molecular formula is C11H17BrN4O. The Morgan fingerprint density at radius 2 is 2.00 bits per heavy atom. The zero-order valence-electron chi connectivity index (χ0n) is 10.1. The van der Waals surface area contributed by atoms with Gasteiger partial charge in [-0.25, -0.2) is 0 Å². The van der Waals surface area contributed by atoms with Crippen molar-refractivity contribution < 1.29 is 0 Å². The lowest BCUT2D eigenvalue weighted by Crippen LogP contribution is -2.33. The highest BCUT2D eigenvalue weighted by Crippen LogP contribution is 2.23. The summed E-state index contributed by atoms with van der Waals surface area (Å²) in [5.41, 5.74) is 11.1. The van der Waals surface area contributed by atoms with Crippen LogP contribution in [0.1, 0.15) is 32.4 Å². The van der Waals surface area contributed by atoms with Crippen molar-refractivity contribution in [2.45, 2.75) is 26.8 Å². The Morgan fingerprint density at radius 1 is 1.47 bits per heavy atom. The van der Waals surface area contributed by atoms with E-state index in [0.717, 1.165) is 0 Å². The average Bonchev–Trinajstić information content (AvgIpc) is 2.22. The summed E-state index contributed by atoms with van der Waals surface area (Å²) in [5, 5.41) is 7.42. The van der Waals surface area contributed by atoms with Gasteiger partial charge >= 0.3 is 0 Å². The molecule has 0 bridgehead atoms. The molecule has 0 aliphatic carbocycles. The zero-order valence-corrected chi connectivity index (χ0v) is 11.7. The summed E-state index contributed by atoms with van der Waals surface area (Å²) in [7, 11) is 0. The molecule has 1 unspecified atom stereocenters. The van der Waals surface area contributed by atoms with Gasteiger partial charge in [0, 0.05) is 12.2 Å². The number of amidine groups is 1. The third-order valence-corrected chi connectivity index (χ3v) is 3.53. The predicted molar refractivity (Wildman–Crippen MR) is 73.4 cm³/mol. The van der Waals surface area contributed by atoms with Crippen molar-refractivity contribution >= 4 is 27.5 Å². The maximum Gasteiger partial charge on any atom is 0.263 e. The minimum atomic E-state index is -0.320. The van der Waals surface area contributed by atoms with Crippen LogP contribution in [0.25, 0.3) is 0 Å².